The van der Waals surface area contributed by atoms with E-state index in [4.69, 9.17) is 0 Å². The Labute approximate surface area is 144 Å². The number of hydrogen-bond donors (Lipinski definition) is 2. The molecule has 3 rings (SSSR count). The molecule has 2 N–H and O–H groups in total. The Morgan fingerprint density at radius 3 is 2.33 bits per heavy atom. The van der Waals surface area contributed by atoms with E-state index < -0.39 is 0 Å². The zero-order valence-electron chi connectivity index (χ0n) is 13.5. The first-order valence-electron chi connectivity index (χ1n) is 7.61. The predicted octanol–water partition coefficient (Wildman–Crippen LogP) is 4.08. The van der Waals surface area contributed by atoms with Crippen LogP contribution in [0.4, 0.5) is 17.3 Å². The van der Waals surface area contributed by atoms with Gasteiger partial charge in [0.1, 0.15) is 0 Å². The maximum Gasteiger partial charge on any atom is 0.230 e. The number of aryl methyl sites for hydroxylation is 2. The first kappa shape index (κ1) is 16.1. The third-order valence-corrected chi connectivity index (χ3v) is 4.46. The molecule has 5 nitrogen and oxygen atoms in total. The van der Waals surface area contributed by atoms with Gasteiger partial charge in [-0.25, -0.2) is 0 Å². The first-order valence-corrected chi connectivity index (χ1v) is 8.49. The van der Waals surface area contributed by atoms with E-state index in [1.54, 1.807) is 23.5 Å². The molecule has 6 heteroatoms. The summed E-state index contributed by atoms with van der Waals surface area (Å²) >= 11 is 1.56. The van der Waals surface area contributed by atoms with Crippen molar-refractivity contribution in [3.05, 3.63) is 63.8 Å². The lowest BCUT2D eigenvalue weighted by atomic mass is 10.1. The third kappa shape index (κ3) is 3.97. The van der Waals surface area contributed by atoms with Crippen LogP contribution in [0.1, 0.15) is 16.0 Å². The SMILES string of the molecule is Cc1cccc(C)c1Nc1ccc(NC(=O)Cc2cccs2)nn1. The average Bonchev–Trinajstić information content (AvgIpc) is 3.05. The Balaban J connectivity index is 1.64. The van der Waals surface area contributed by atoms with Crippen molar-refractivity contribution in [2.45, 2.75) is 20.3 Å². The van der Waals surface area contributed by atoms with Gasteiger partial charge in [-0.2, -0.15) is 0 Å². The number of anilines is 3. The summed E-state index contributed by atoms with van der Waals surface area (Å²) in [6.07, 6.45) is 0.349. The lowest BCUT2D eigenvalue weighted by Crippen LogP contribution is -2.15. The first-order chi connectivity index (χ1) is 11.6. The highest BCUT2D eigenvalue weighted by Crippen LogP contribution is 2.23. The zero-order valence-corrected chi connectivity index (χ0v) is 14.4. The summed E-state index contributed by atoms with van der Waals surface area (Å²) in [4.78, 5) is 13.0. The van der Waals surface area contributed by atoms with Gasteiger partial charge >= 0.3 is 0 Å². The molecule has 3 aromatic rings. The van der Waals surface area contributed by atoms with Crippen LogP contribution < -0.4 is 10.6 Å². The topological polar surface area (TPSA) is 66.9 Å². The number of para-hydroxylation sites is 1. The fourth-order valence-corrected chi connectivity index (χ4v) is 3.07. The fourth-order valence-electron chi connectivity index (χ4n) is 2.36. The minimum absolute atomic E-state index is 0.0952. The molecule has 2 aromatic heterocycles. The zero-order chi connectivity index (χ0) is 16.9. The molecule has 0 saturated carbocycles. The number of carbonyl (C=O) groups excluding carboxylic acids is 1. The van der Waals surface area contributed by atoms with Crippen LogP contribution in [0.25, 0.3) is 0 Å². The Hall–Kier alpha value is -2.73. The predicted molar refractivity (Wildman–Crippen MR) is 97.9 cm³/mol. The van der Waals surface area contributed by atoms with Crippen LogP contribution in [0, 0.1) is 13.8 Å². The highest BCUT2D eigenvalue weighted by molar-refractivity contribution is 7.10. The molecule has 24 heavy (non-hydrogen) atoms. The molecule has 0 radical (unpaired) electrons. The van der Waals surface area contributed by atoms with Crippen LogP contribution in [-0.2, 0) is 11.2 Å². The molecule has 2 heterocycles. The van der Waals surface area contributed by atoms with Gasteiger partial charge in [0.2, 0.25) is 5.91 Å². The number of rotatable bonds is 5. The highest BCUT2D eigenvalue weighted by Gasteiger charge is 2.07. The number of hydrogen-bond acceptors (Lipinski definition) is 5. The second-order valence-electron chi connectivity index (χ2n) is 5.50. The van der Waals surface area contributed by atoms with Gasteiger partial charge in [0.15, 0.2) is 11.6 Å². The van der Waals surface area contributed by atoms with Crippen molar-refractivity contribution in [3.8, 4) is 0 Å². The maximum atomic E-state index is 12.0. The summed E-state index contributed by atoms with van der Waals surface area (Å²) in [5.41, 5.74) is 3.32. The molecule has 0 saturated heterocycles. The van der Waals surface area contributed by atoms with E-state index >= 15 is 0 Å². The Morgan fingerprint density at radius 2 is 1.71 bits per heavy atom. The van der Waals surface area contributed by atoms with Crippen LogP contribution in [0.2, 0.25) is 0 Å². The van der Waals surface area contributed by atoms with Gasteiger partial charge in [-0.1, -0.05) is 24.3 Å². The van der Waals surface area contributed by atoms with Crippen LogP contribution in [0.15, 0.2) is 47.8 Å². The van der Waals surface area contributed by atoms with Crippen LogP contribution >= 0.6 is 11.3 Å². The lowest BCUT2D eigenvalue weighted by molar-refractivity contribution is -0.115. The number of carbonyl (C=O) groups is 1. The molecule has 1 aromatic carbocycles. The van der Waals surface area contributed by atoms with Gasteiger partial charge in [0, 0.05) is 10.6 Å². The third-order valence-electron chi connectivity index (χ3n) is 3.58. The number of benzene rings is 1. The second kappa shape index (κ2) is 7.23. The highest BCUT2D eigenvalue weighted by atomic mass is 32.1. The van der Waals surface area contributed by atoms with E-state index in [0.717, 1.165) is 21.7 Å². The number of thiophene rings is 1. The van der Waals surface area contributed by atoms with E-state index in [1.165, 1.54) is 0 Å². The summed E-state index contributed by atoms with van der Waals surface area (Å²) in [7, 11) is 0. The maximum absolute atomic E-state index is 12.0. The van der Waals surface area contributed by atoms with Gasteiger partial charge in [-0.05, 0) is 48.6 Å². The molecule has 1 amide bonds. The summed E-state index contributed by atoms with van der Waals surface area (Å²) < 4.78 is 0. The summed E-state index contributed by atoms with van der Waals surface area (Å²) in [6.45, 7) is 4.09. The van der Waals surface area contributed by atoms with Crippen molar-refractivity contribution < 1.29 is 4.79 Å². The van der Waals surface area contributed by atoms with Gasteiger partial charge in [0.05, 0.1) is 6.42 Å². The standard InChI is InChI=1S/C18H18N4OS/c1-12-5-3-6-13(2)18(12)20-16-9-8-15(21-22-16)19-17(23)11-14-7-4-10-24-14/h3-10H,11H2,1-2H3,(H,20,22)(H,19,21,23). The van der Waals surface area contributed by atoms with Gasteiger partial charge in [-0.15, -0.1) is 21.5 Å². The minimum atomic E-state index is -0.0952. The van der Waals surface area contributed by atoms with Crippen molar-refractivity contribution in [1.82, 2.24) is 10.2 Å². The molecule has 0 fully saturated rings. The van der Waals surface area contributed by atoms with E-state index in [1.807, 2.05) is 49.6 Å². The fraction of sp³-hybridized carbons (Fsp3) is 0.167. The van der Waals surface area contributed by atoms with Crippen molar-refractivity contribution in [2.75, 3.05) is 10.6 Å². The molecule has 0 aliphatic rings. The average molecular weight is 338 g/mol. The monoisotopic (exact) mass is 338 g/mol. The summed E-state index contributed by atoms with van der Waals surface area (Å²) in [5.74, 6) is 0.995. The van der Waals surface area contributed by atoms with E-state index in [9.17, 15) is 4.79 Å². The molecular formula is C18H18N4OS. The van der Waals surface area contributed by atoms with E-state index in [-0.39, 0.29) is 5.91 Å². The molecule has 0 unspecified atom stereocenters. The second-order valence-corrected chi connectivity index (χ2v) is 6.53. The van der Waals surface area contributed by atoms with Gasteiger partial charge < -0.3 is 10.6 Å². The normalized spacial score (nSPS) is 10.4. The van der Waals surface area contributed by atoms with Gasteiger partial charge in [0.25, 0.3) is 0 Å². The minimum Gasteiger partial charge on any atom is -0.338 e. The summed E-state index contributed by atoms with van der Waals surface area (Å²) in [5, 5.41) is 16.2. The Morgan fingerprint density at radius 1 is 1.00 bits per heavy atom. The molecule has 0 atom stereocenters. The van der Waals surface area contributed by atoms with Gasteiger partial charge in [-0.3, -0.25) is 4.79 Å². The van der Waals surface area contributed by atoms with Crippen molar-refractivity contribution in [2.24, 2.45) is 0 Å². The molecule has 0 aliphatic heterocycles. The molecular weight excluding hydrogens is 320 g/mol. The Bertz CT molecular complexity index is 808. The van der Waals surface area contributed by atoms with E-state index in [2.05, 4.69) is 20.8 Å². The molecule has 0 aliphatic carbocycles. The largest absolute Gasteiger partial charge is 0.338 e. The molecule has 0 spiro atoms. The van der Waals surface area contributed by atoms with Crippen molar-refractivity contribution in [3.63, 3.8) is 0 Å². The lowest BCUT2D eigenvalue weighted by Gasteiger charge is -2.11. The number of aromatic nitrogens is 2. The quantitative estimate of drug-likeness (QED) is 0.735. The van der Waals surface area contributed by atoms with E-state index in [0.29, 0.717) is 18.1 Å². The molecule has 0 bridgehead atoms. The van der Waals surface area contributed by atoms with Crippen LogP contribution in [0.5, 0.6) is 0 Å². The summed E-state index contributed by atoms with van der Waals surface area (Å²) in [6, 6.07) is 13.5. The molecule has 122 valence electrons. The van der Waals surface area contributed by atoms with Crippen molar-refractivity contribution in [1.29, 1.82) is 0 Å². The Kier molecular flexibility index (Phi) is 4.86. The smallest absolute Gasteiger partial charge is 0.230 e. The number of nitrogens with zero attached hydrogens (tertiary/aromatic N) is 2. The number of amides is 1. The van der Waals surface area contributed by atoms with Crippen molar-refractivity contribution >= 4 is 34.6 Å². The van der Waals surface area contributed by atoms with Crippen LogP contribution in [0.3, 0.4) is 0 Å². The number of nitrogens with one attached hydrogen (secondary N) is 2. The van der Waals surface area contributed by atoms with Crippen LogP contribution in [-0.4, -0.2) is 16.1 Å².